The van der Waals surface area contributed by atoms with Crippen molar-refractivity contribution >= 4 is 38.9 Å². The molecule has 0 aliphatic carbocycles. The monoisotopic (exact) mass is 345 g/mol. The lowest BCUT2D eigenvalue weighted by atomic mass is 10.1. The van der Waals surface area contributed by atoms with Gasteiger partial charge in [0.05, 0.1) is 6.20 Å². The molecule has 0 amide bonds. The van der Waals surface area contributed by atoms with Crippen LogP contribution in [0.15, 0.2) is 35.2 Å². The molecule has 0 unspecified atom stereocenters. The Hall–Kier alpha value is -2.08. The van der Waals surface area contributed by atoms with Gasteiger partial charge in [-0.05, 0) is 37.1 Å². The Kier molecular flexibility index (Phi) is 3.55. The maximum absolute atomic E-state index is 4.57. The molecule has 0 bridgehead atoms. The Morgan fingerprint density at radius 1 is 1.19 bits per heavy atom. The maximum atomic E-state index is 4.57. The molecule has 0 spiro atoms. The first kappa shape index (κ1) is 13.9. The van der Waals surface area contributed by atoms with Crippen LogP contribution in [-0.2, 0) is 0 Å². The molecule has 0 fully saturated rings. The smallest absolute Gasteiger partial charge is 0.180 e. The number of aryl methyl sites for hydroxylation is 2. The van der Waals surface area contributed by atoms with Crippen molar-refractivity contribution < 1.29 is 0 Å². The summed E-state index contributed by atoms with van der Waals surface area (Å²) < 4.78 is 3.02. The van der Waals surface area contributed by atoms with E-state index < -0.39 is 0 Å². The van der Waals surface area contributed by atoms with Gasteiger partial charge in [0.1, 0.15) is 5.82 Å². The Labute approximate surface area is 131 Å². The second-order valence-electron chi connectivity index (χ2n) is 4.92. The summed E-state index contributed by atoms with van der Waals surface area (Å²) in [6.45, 7) is 4.15. The van der Waals surface area contributed by atoms with E-state index in [0.29, 0.717) is 0 Å². The summed E-state index contributed by atoms with van der Waals surface area (Å²) >= 11 is 3.52. The highest BCUT2D eigenvalue weighted by molar-refractivity contribution is 9.10. The number of hydrogen-bond acceptors (Lipinski definition) is 4. The molecule has 6 heteroatoms. The number of aromatic nitrogens is 3. The predicted octanol–water partition coefficient (Wildman–Crippen LogP) is 3.89. The van der Waals surface area contributed by atoms with E-state index in [-0.39, 0.29) is 0 Å². The number of anilines is 3. The largest absolute Gasteiger partial charge is 0.372 e. The number of fused-ring (bicyclic) bond motifs is 1. The van der Waals surface area contributed by atoms with Crippen molar-refractivity contribution in [2.45, 2.75) is 13.8 Å². The van der Waals surface area contributed by atoms with Gasteiger partial charge < -0.3 is 15.0 Å². The van der Waals surface area contributed by atoms with E-state index in [1.165, 1.54) is 0 Å². The fourth-order valence-corrected chi connectivity index (χ4v) is 3.05. The number of rotatable bonds is 3. The summed E-state index contributed by atoms with van der Waals surface area (Å²) in [5, 5.41) is 6.48. The van der Waals surface area contributed by atoms with Crippen LogP contribution in [0.2, 0.25) is 0 Å². The van der Waals surface area contributed by atoms with Gasteiger partial charge in [-0.2, -0.15) is 0 Å². The first-order valence-corrected chi connectivity index (χ1v) is 7.43. The van der Waals surface area contributed by atoms with Gasteiger partial charge in [-0.15, -0.1) is 0 Å². The first-order chi connectivity index (χ1) is 10.1. The fourth-order valence-electron chi connectivity index (χ4n) is 2.36. The van der Waals surface area contributed by atoms with Gasteiger partial charge >= 0.3 is 0 Å². The molecule has 0 aliphatic heterocycles. The number of nitrogens with zero attached hydrogens (tertiary/aromatic N) is 3. The van der Waals surface area contributed by atoms with Crippen LogP contribution in [0.1, 0.15) is 11.1 Å². The molecule has 2 aromatic heterocycles. The van der Waals surface area contributed by atoms with E-state index in [1.54, 1.807) is 6.20 Å². The molecule has 3 rings (SSSR count). The van der Waals surface area contributed by atoms with Crippen molar-refractivity contribution in [2.24, 2.45) is 0 Å². The van der Waals surface area contributed by atoms with Crippen LogP contribution in [0.3, 0.4) is 0 Å². The first-order valence-electron chi connectivity index (χ1n) is 6.63. The summed E-state index contributed by atoms with van der Waals surface area (Å²) in [6, 6.07) is 4.17. The van der Waals surface area contributed by atoms with Gasteiger partial charge in [0.15, 0.2) is 11.5 Å². The van der Waals surface area contributed by atoms with Crippen molar-refractivity contribution in [1.29, 1.82) is 0 Å². The van der Waals surface area contributed by atoms with Crippen LogP contribution in [0, 0.1) is 13.8 Å². The van der Waals surface area contributed by atoms with Crippen molar-refractivity contribution in [3.05, 3.63) is 46.3 Å². The van der Waals surface area contributed by atoms with Gasteiger partial charge in [0, 0.05) is 29.6 Å². The van der Waals surface area contributed by atoms with Crippen LogP contribution in [0.4, 0.5) is 17.3 Å². The zero-order chi connectivity index (χ0) is 15.0. The lowest BCUT2D eigenvalue weighted by Gasteiger charge is -2.14. The maximum Gasteiger partial charge on any atom is 0.180 e. The highest BCUT2D eigenvalue weighted by atomic mass is 79.9. The molecule has 21 heavy (non-hydrogen) atoms. The van der Waals surface area contributed by atoms with E-state index in [0.717, 1.165) is 38.6 Å². The number of halogens is 1. The molecule has 0 atom stereocenters. The fraction of sp³-hybridized carbons (Fsp3) is 0.200. The third kappa shape index (κ3) is 2.58. The molecule has 3 aromatic rings. The molecular weight excluding hydrogens is 330 g/mol. The van der Waals surface area contributed by atoms with Crippen LogP contribution >= 0.6 is 15.9 Å². The molecule has 108 valence electrons. The molecule has 0 radical (unpaired) electrons. The van der Waals surface area contributed by atoms with E-state index >= 15 is 0 Å². The zero-order valence-corrected chi connectivity index (χ0v) is 13.7. The predicted molar refractivity (Wildman–Crippen MR) is 89.4 cm³/mol. The highest BCUT2D eigenvalue weighted by Crippen LogP contribution is 2.29. The van der Waals surface area contributed by atoms with Crippen molar-refractivity contribution in [2.75, 3.05) is 17.7 Å². The second kappa shape index (κ2) is 5.37. The minimum absolute atomic E-state index is 0.736. The summed E-state index contributed by atoms with van der Waals surface area (Å²) in [7, 11) is 1.85. The topological polar surface area (TPSA) is 54.2 Å². The summed E-state index contributed by atoms with van der Waals surface area (Å²) in [5.41, 5.74) is 4.17. The van der Waals surface area contributed by atoms with Crippen LogP contribution in [0.25, 0.3) is 5.65 Å². The molecule has 0 aliphatic rings. The minimum Gasteiger partial charge on any atom is -0.372 e. The Morgan fingerprint density at radius 3 is 2.57 bits per heavy atom. The van der Waals surface area contributed by atoms with Crippen molar-refractivity contribution in [3.63, 3.8) is 0 Å². The van der Waals surface area contributed by atoms with Gasteiger partial charge in [0.2, 0.25) is 0 Å². The Morgan fingerprint density at radius 2 is 1.90 bits per heavy atom. The van der Waals surface area contributed by atoms with Crippen LogP contribution in [-0.4, -0.2) is 21.4 Å². The second-order valence-corrected chi connectivity index (χ2v) is 5.84. The third-order valence-corrected chi connectivity index (χ3v) is 3.83. The van der Waals surface area contributed by atoms with E-state index in [2.05, 4.69) is 62.5 Å². The molecule has 1 aromatic carbocycles. The number of benzene rings is 1. The molecule has 0 saturated heterocycles. The normalized spacial score (nSPS) is 10.9. The Balaban J connectivity index is 2.11. The molecule has 0 saturated carbocycles. The molecule has 2 N–H and O–H groups in total. The average Bonchev–Trinajstić information content (AvgIpc) is 2.90. The molecule has 5 nitrogen and oxygen atoms in total. The lowest BCUT2D eigenvalue weighted by molar-refractivity contribution is 1.12. The lowest BCUT2D eigenvalue weighted by Crippen LogP contribution is -2.04. The van der Waals surface area contributed by atoms with Crippen molar-refractivity contribution in [3.8, 4) is 0 Å². The van der Waals surface area contributed by atoms with Crippen LogP contribution < -0.4 is 10.6 Å². The molecular formula is C15H16BrN5. The SMILES string of the molecule is CNc1cn2ccnc2c(Nc2c(C)cc(Br)cc2C)n1. The zero-order valence-electron chi connectivity index (χ0n) is 12.1. The van der Waals surface area contributed by atoms with Gasteiger partial charge in [0.25, 0.3) is 0 Å². The average molecular weight is 346 g/mol. The third-order valence-electron chi connectivity index (χ3n) is 3.37. The summed E-state index contributed by atoms with van der Waals surface area (Å²) in [4.78, 5) is 8.94. The van der Waals surface area contributed by atoms with Crippen molar-refractivity contribution in [1.82, 2.24) is 14.4 Å². The van der Waals surface area contributed by atoms with E-state index in [1.807, 2.05) is 23.8 Å². The van der Waals surface area contributed by atoms with Gasteiger partial charge in [-0.3, -0.25) is 0 Å². The summed E-state index contributed by atoms with van der Waals surface area (Å²) in [5.74, 6) is 1.52. The molecule has 2 heterocycles. The number of nitrogens with one attached hydrogen (secondary N) is 2. The standard InChI is InChI=1S/C15H16BrN5/c1-9-6-11(16)7-10(2)13(9)20-14-15-18-4-5-21(15)8-12(17-3)19-14/h4-8,17H,1-3H3,(H,19,20). The van der Waals surface area contributed by atoms with E-state index in [9.17, 15) is 0 Å². The quantitative estimate of drug-likeness (QED) is 0.755. The summed E-state index contributed by atoms with van der Waals surface area (Å²) in [6.07, 6.45) is 5.59. The minimum atomic E-state index is 0.736. The number of hydrogen-bond donors (Lipinski definition) is 2. The van der Waals surface area contributed by atoms with Gasteiger partial charge in [-0.1, -0.05) is 15.9 Å². The van der Waals surface area contributed by atoms with E-state index in [4.69, 9.17) is 0 Å². The highest BCUT2D eigenvalue weighted by Gasteiger charge is 2.10. The van der Waals surface area contributed by atoms with Crippen LogP contribution in [0.5, 0.6) is 0 Å². The van der Waals surface area contributed by atoms with Gasteiger partial charge in [-0.25, -0.2) is 9.97 Å². The Bertz CT molecular complexity index is 786. The number of imidazole rings is 1.